The lowest BCUT2D eigenvalue weighted by Gasteiger charge is -2.32. The highest BCUT2D eigenvalue weighted by Gasteiger charge is 2.32. The Morgan fingerprint density at radius 3 is 2.27 bits per heavy atom. The monoisotopic (exact) mass is 559 g/mol. The Hall–Kier alpha value is -2.45. The summed E-state index contributed by atoms with van der Waals surface area (Å²) in [6, 6.07) is 9.03. The number of aliphatic hydroxyl groups is 1. The predicted octanol–water partition coefficient (Wildman–Crippen LogP) is 5.13. The smallest absolute Gasteiger partial charge is 0.407 e. The van der Waals surface area contributed by atoms with Crippen molar-refractivity contribution in [2.75, 3.05) is 6.54 Å². The molecule has 0 aliphatic heterocycles. The molecule has 40 heavy (non-hydrogen) atoms. The molecule has 8 nitrogen and oxygen atoms in total. The van der Waals surface area contributed by atoms with Gasteiger partial charge >= 0.3 is 6.09 Å². The van der Waals surface area contributed by atoms with E-state index in [1.165, 1.54) is 12.0 Å². The van der Waals surface area contributed by atoms with Crippen molar-refractivity contribution < 1.29 is 24.2 Å². The number of hydrogen-bond donors (Lipinski definition) is 4. The predicted molar refractivity (Wildman–Crippen MR) is 159 cm³/mol. The molecule has 1 fully saturated rings. The minimum atomic E-state index is -0.945. The molecule has 0 radical (unpaired) electrons. The fourth-order valence-corrected chi connectivity index (χ4v) is 5.31. The molecule has 1 aromatic rings. The number of benzene rings is 1. The zero-order valence-corrected chi connectivity index (χ0v) is 25.5. The Kier molecular flexibility index (Phi) is 14.1. The van der Waals surface area contributed by atoms with Crippen LogP contribution in [0.1, 0.15) is 98.5 Å². The third-order valence-corrected chi connectivity index (χ3v) is 7.88. The van der Waals surface area contributed by atoms with Crippen molar-refractivity contribution in [2.45, 2.75) is 123 Å². The molecule has 1 aliphatic rings. The fourth-order valence-electron chi connectivity index (χ4n) is 5.31. The molecule has 5 atom stereocenters. The van der Waals surface area contributed by atoms with Crippen LogP contribution in [0.5, 0.6) is 0 Å². The summed E-state index contributed by atoms with van der Waals surface area (Å²) in [5, 5.41) is 19.9. The first-order valence-corrected chi connectivity index (χ1v) is 15.2. The van der Waals surface area contributed by atoms with Crippen LogP contribution in [0.15, 0.2) is 30.3 Å². The van der Waals surface area contributed by atoms with Crippen LogP contribution in [0.25, 0.3) is 0 Å². The molecule has 8 heteroatoms. The molecule has 0 aromatic heterocycles. The number of rotatable bonds is 14. The van der Waals surface area contributed by atoms with Crippen LogP contribution in [0.4, 0.5) is 4.79 Å². The van der Waals surface area contributed by atoms with Gasteiger partial charge in [0, 0.05) is 5.92 Å². The van der Waals surface area contributed by atoms with Crippen molar-refractivity contribution in [2.24, 2.45) is 17.8 Å². The maximum absolute atomic E-state index is 13.1. The molecule has 3 amide bonds. The van der Waals surface area contributed by atoms with Gasteiger partial charge < -0.3 is 20.5 Å². The summed E-state index contributed by atoms with van der Waals surface area (Å²) in [6.07, 6.45) is 6.47. The summed E-state index contributed by atoms with van der Waals surface area (Å²) >= 11 is 0. The van der Waals surface area contributed by atoms with Crippen LogP contribution in [0, 0.1) is 17.8 Å². The van der Waals surface area contributed by atoms with Crippen molar-refractivity contribution in [3.05, 3.63) is 35.9 Å². The van der Waals surface area contributed by atoms with E-state index in [1.54, 1.807) is 27.7 Å². The highest BCUT2D eigenvalue weighted by atomic mass is 16.6. The highest BCUT2D eigenvalue weighted by Crippen LogP contribution is 2.29. The maximum atomic E-state index is 13.1. The van der Waals surface area contributed by atoms with Crippen LogP contribution in [0.3, 0.4) is 0 Å². The van der Waals surface area contributed by atoms with Crippen LogP contribution in [-0.4, -0.2) is 53.3 Å². The van der Waals surface area contributed by atoms with Crippen molar-refractivity contribution in [3.8, 4) is 0 Å². The van der Waals surface area contributed by atoms with E-state index < -0.39 is 41.7 Å². The minimum absolute atomic E-state index is 0.0439. The Bertz CT molecular complexity index is 911. The molecule has 1 saturated carbocycles. The highest BCUT2D eigenvalue weighted by molar-refractivity contribution is 5.98. The van der Waals surface area contributed by atoms with E-state index in [0.29, 0.717) is 18.9 Å². The molecule has 2 rings (SSSR count). The molecule has 226 valence electrons. The molecule has 1 aliphatic carbocycles. The Morgan fingerprint density at radius 1 is 1.02 bits per heavy atom. The second-order valence-corrected chi connectivity index (χ2v) is 12.6. The Balaban J connectivity index is 1.97. The normalized spacial score (nSPS) is 18.2. The molecule has 1 aromatic carbocycles. The van der Waals surface area contributed by atoms with Crippen LogP contribution in [-0.2, 0) is 20.7 Å². The third-order valence-electron chi connectivity index (χ3n) is 7.88. The van der Waals surface area contributed by atoms with Gasteiger partial charge in [-0.25, -0.2) is 4.79 Å². The van der Waals surface area contributed by atoms with Gasteiger partial charge in [0.15, 0.2) is 0 Å². The second kappa shape index (κ2) is 16.7. The summed E-state index contributed by atoms with van der Waals surface area (Å²) in [5.41, 5.74) is 0.527. The summed E-state index contributed by atoms with van der Waals surface area (Å²) < 4.78 is 5.44. The van der Waals surface area contributed by atoms with E-state index in [9.17, 15) is 19.5 Å². The number of carbonyl (C=O) groups excluding carboxylic acids is 3. The van der Waals surface area contributed by atoms with Crippen molar-refractivity contribution in [3.63, 3.8) is 0 Å². The largest absolute Gasteiger partial charge is 0.444 e. The van der Waals surface area contributed by atoms with Gasteiger partial charge in [0.05, 0.1) is 18.2 Å². The molecule has 4 N–H and O–H groups in total. The molecule has 0 saturated heterocycles. The lowest BCUT2D eigenvalue weighted by molar-refractivity contribution is -0.134. The topological polar surface area (TPSA) is 117 Å². The average molecular weight is 560 g/mol. The quantitative estimate of drug-likeness (QED) is 0.251. The Morgan fingerprint density at radius 2 is 1.68 bits per heavy atom. The first-order chi connectivity index (χ1) is 18.9. The van der Waals surface area contributed by atoms with Crippen LogP contribution < -0.4 is 16.0 Å². The van der Waals surface area contributed by atoms with Gasteiger partial charge in [-0.15, -0.1) is 0 Å². The van der Waals surface area contributed by atoms with Crippen molar-refractivity contribution >= 4 is 17.9 Å². The first kappa shape index (κ1) is 33.8. The number of imide groups is 1. The number of hydrogen-bond acceptors (Lipinski definition) is 6. The van der Waals surface area contributed by atoms with Crippen LogP contribution in [0.2, 0.25) is 0 Å². The van der Waals surface area contributed by atoms with Gasteiger partial charge in [-0.1, -0.05) is 89.6 Å². The second-order valence-electron chi connectivity index (χ2n) is 12.6. The van der Waals surface area contributed by atoms with E-state index in [0.717, 1.165) is 38.5 Å². The molecule has 0 bridgehead atoms. The number of aliphatic hydroxyl groups excluding tert-OH is 1. The maximum Gasteiger partial charge on any atom is 0.407 e. The number of alkyl carbamates (subject to hydrolysis) is 1. The van der Waals surface area contributed by atoms with Gasteiger partial charge in [0.25, 0.3) is 0 Å². The average Bonchev–Trinajstić information content (AvgIpc) is 2.90. The SMILES string of the molecule is CC[C@H](C)[C@H](NCCc1ccccc1)C(=O)NC(=O)[C@H](C)C[C@H](O)[C@H](CC1CCCCC1)NC(=O)OC(C)(C)C. The third kappa shape index (κ3) is 12.4. The number of carbonyl (C=O) groups is 3. The van der Waals surface area contributed by atoms with Crippen molar-refractivity contribution in [1.29, 1.82) is 0 Å². The van der Waals surface area contributed by atoms with Gasteiger partial charge in [-0.2, -0.15) is 0 Å². The standard InChI is InChI=1S/C32H53N3O5/c1-7-22(2)28(33-19-18-24-14-10-8-11-15-24)30(38)35-29(37)23(3)20-27(36)26(21-25-16-12-9-13-17-25)34-31(39)40-32(4,5)6/h8,10-11,14-15,22-23,25-28,33,36H,7,9,12-13,16-21H2,1-6H3,(H,34,39)(H,35,37,38)/t22-,23+,26-,27-,28-/m0/s1. The van der Waals surface area contributed by atoms with Gasteiger partial charge in [0.2, 0.25) is 11.8 Å². The number of nitrogens with one attached hydrogen (secondary N) is 3. The zero-order chi connectivity index (χ0) is 29.7. The molecular weight excluding hydrogens is 506 g/mol. The van der Waals surface area contributed by atoms with E-state index in [1.807, 2.05) is 32.0 Å². The lowest BCUT2D eigenvalue weighted by atomic mass is 9.82. The van der Waals surface area contributed by atoms with Gasteiger partial charge in [0.1, 0.15) is 5.60 Å². The van der Waals surface area contributed by atoms with Gasteiger partial charge in [-0.3, -0.25) is 14.9 Å². The first-order valence-electron chi connectivity index (χ1n) is 15.2. The van der Waals surface area contributed by atoms with Crippen LogP contribution >= 0.6 is 0 Å². The van der Waals surface area contributed by atoms with E-state index in [-0.39, 0.29) is 18.2 Å². The summed E-state index contributed by atoms with van der Waals surface area (Å²) in [4.78, 5) is 38.7. The summed E-state index contributed by atoms with van der Waals surface area (Å²) in [7, 11) is 0. The van der Waals surface area contributed by atoms with E-state index in [4.69, 9.17) is 4.74 Å². The zero-order valence-electron chi connectivity index (χ0n) is 25.5. The summed E-state index contributed by atoms with van der Waals surface area (Å²) in [5.74, 6) is -0.930. The number of amides is 3. The molecular formula is C32H53N3O5. The lowest BCUT2D eigenvalue weighted by Crippen LogP contribution is -2.52. The minimum Gasteiger partial charge on any atom is -0.444 e. The number of ether oxygens (including phenoxy) is 1. The van der Waals surface area contributed by atoms with Gasteiger partial charge in [-0.05, 0) is 64.0 Å². The van der Waals surface area contributed by atoms with E-state index in [2.05, 4.69) is 28.1 Å². The van der Waals surface area contributed by atoms with E-state index >= 15 is 0 Å². The van der Waals surface area contributed by atoms with Crippen molar-refractivity contribution in [1.82, 2.24) is 16.0 Å². The molecule has 0 spiro atoms. The molecule has 0 heterocycles. The fraction of sp³-hybridized carbons (Fsp3) is 0.719. The summed E-state index contributed by atoms with van der Waals surface area (Å²) in [6.45, 7) is 11.7. The Labute approximate surface area is 241 Å². The molecule has 0 unspecified atom stereocenters.